The van der Waals surface area contributed by atoms with Gasteiger partial charge in [0, 0.05) is 17.9 Å². The number of hydrogen-bond donors (Lipinski definition) is 0. The van der Waals surface area contributed by atoms with E-state index in [9.17, 15) is 12.8 Å². The van der Waals surface area contributed by atoms with Crippen LogP contribution >= 0.6 is 27.5 Å². The molecule has 0 aromatic heterocycles. The van der Waals surface area contributed by atoms with Crippen LogP contribution in [0.25, 0.3) is 0 Å². The number of halogens is 3. The lowest BCUT2D eigenvalue weighted by Gasteiger charge is -2.14. The summed E-state index contributed by atoms with van der Waals surface area (Å²) >= 11 is 9.02. The first-order valence-corrected chi connectivity index (χ1v) is 7.88. The summed E-state index contributed by atoms with van der Waals surface area (Å²) in [5.41, 5.74) is 0.438. The van der Waals surface area contributed by atoms with E-state index in [4.69, 9.17) is 16.3 Å². The predicted octanol–water partition coefficient (Wildman–Crippen LogP) is 2.92. The molecule has 1 atom stereocenters. The molecule has 0 aliphatic heterocycles. The fraction of sp³-hybridized carbons (Fsp3) is 0.400. The maximum Gasteiger partial charge on any atom is 0.149 e. The second-order valence-electron chi connectivity index (χ2n) is 3.57. The van der Waals surface area contributed by atoms with E-state index in [1.165, 1.54) is 13.2 Å². The van der Waals surface area contributed by atoms with E-state index in [0.29, 0.717) is 5.56 Å². The average molecular weight is 346 g/mol. The van der Waals surface area contributed by atoms with Crippen LogP contribution in [0.2, 0.25) is 0 Å². The minimum Gasteiger partial charge on any atom is -0.496 e. The second-order valence-corrected chi connectivity index (χ2v) is 7.13. The van der Waals surface area contributed by atoms with Crippen LogP contribution in [0.15, 0.2) is 16.6 Å². The summed E-state index contributed by atoms with van der Waals surface area (Å²) in [5.74, 6) is -0.494. The Morgan fingerprint density at radius 3 is 2.59 bits per heavy atom. The Bertz CT molecular complexity index is 519. The van der Waals surface area contributed by atoms with Crippen LogP contribution in [0.5, 0.6) is 5.75 Å². The lowest BCUT2D eigenvalue weighted by atomic mass is 10.1. The van der Waals surface area contributed by atoms with E-state index in [0.717, 1.165) is 12.3 Å². The van der Waals surface area contributed by atoms with Gasteiger partial charge in [-0.05, 0) is 22.0 Å². The highest BCUT2D eigenvalue weighted by molar-refractivity contribution is 9.10. The van der Waals surface area contributed by atoms with Gasteiger partial charge in [0.15, 0.2) is 0 Å². The molecule has 0 N–H and O–H groups in total. The van der Waals surface area contributed by atoms with E-state index < -0.39 is 21.0 Å². The van der Waals surface area contributed by atoms with Gasteiger partial charge in [0.25, 0.3) is 0 Å². The molecule has 1 unspecified atom stereocenters. The summed E-state index contributed by atoms with van der Waals surface area (Å²) in [6.07, 6.45) is 1.09. The molecule has 7 heteroatoms. The highest BCUT2D eigenvalue weighted by atomic mass is 79.9. The summed E-state index contributed by atoms with van der Waals surface area (Å²) in [4.78, 5) is 0. The smallest absolute Gasteiger partial charge is 0.149 e. The van der Waals surface area contributed by atoms with Gasteiger partial charge in [0.05, 0.1) is 22.7 Å². The molecule has 17 heavy (non-hydrogen) atoms. The number of alkyl halides is 1. The largest absolute Gasteiger partial charge is 0.496 e. The zero-order chi connectivity index (χ0) is 13.2. The van der Waals surface area contributed by atoms with Crippen molar-refractivity contribution >= 4 is 37.4 Å². The first-order valence-electron chi connectivity index (χ1n) is 4.59. The summed E-state index contributed by atoms with van der Waals surface area (Å²) in [6.45, 7) is 0. The Labute approximate surface area is 113 Å². The summed E-state index contributed by atoms with van der Waals surface area (Å²) in [7, 11) is -1.84. The molecule has 1 aromatic rings. The van der Waals surface area contributed by atoms with Gasteiger partial charge in [0.2, 0.25) is 0 Å². The third-order valence-electron chi connectivity index (χ3n) is 2.06. The van der Waals surface area contributed by atoms with Crippen LogP contribution in [0.4, 0.5) is 4.39 Å². The summed E-state index contributed by atoms with van der Waals surface area (Å²) in [5, 5.41) is -0.781. The summed E-state index contributed by atoms with van der Waals surface area (Å²) in [6, 6.07) is 2.59. The molecule has 96 valence electrons. The molecule has 0 bridgehead atoms. The fourth-order valence-electron chi connectivity index (χ4n) is 1.32. The first kappa shape index (κ1) is 14.7. The normalized spacial score (nSPS) is 13.5. The standard InChI is InChI=1S/C10H11BrClFO3S/c1-16-10-4-9(13)7(11)3-6(10)8(12)5-17(2,14)15/h3-4,8H,5H2,1-2H3. The Kier molecular flexibility index (Phi) is 4.80. The Morgan fingerprint density at radius 2 is 2.12 bits per heavy atom. The number of methoxy groups -OCH3 is 1. The van der Waals surface area contributed by atoms with Crippen molar-refractivity contribution in [3.8, 4) is 5.75 Å². The van der Waals surface area contributed by atoms with Crippen molar-refractivity contribution in [1.29, 1.82) is 0 Å². The van der Waals surface area contributed by atoms with E-state index in [1.54, 1.807) is 0 Å². The number of rotatable bonds is 4. The molecule has 0 amide bonds. The second kappa shape index (κ2) is 5.54. The van der Waals surface area contributed by atoms with Crippen molar-refractivity contribution in [3.05, 3.63) is 28.0 Å². The minimum absolute atomic E-state index is 0.215. The van der Waals surface area contributed by atoms with E-state index in [2.05, 4.69) is 15.9 Å². The third kappa shape index (κ3) is 4.12. The van der Waals surface area contributed by atoms with Crippen LogP contribution in [-0.4, -0.2) is 27.5 Å². The van der Waals surface area contributed by atoms with E-state index >= 15 is 0 Å². The molecule has 0 radical (unpaired) electrons. The van der Waals surface area contributed by atoms with Crippen molar-refractivity contribution in [2.75, 3.05) is 19.1 Å². The molecular formula is C10H11BrClFO3S. The SMILES string of the molecule is COc1cc(F)c(Br)cc1C(Cl)CS(C)(=O)=O. The van der Waals surface area contributed by atoms with Crippen molar-refractivity contribution in [1.82, 2.24) is 0 Å². The third-order valence-corrected chi connectivity index (χ3v) is 4.18. The van der Waals surface area contributed by atoms with Crippen molar-refractivity contribution < 1.29 is 17.5 Å². The molecule has 1 aromatic carbocycles. The van der Waals surface area contributed by atoms with Gasteiger partial charge in [0.1, 0.15) is 21.4 Å². The maximum atomic E-state index is 13.3. The van der Waals surface area contributed by atoms with Crippen LogP contribution < -0.4 is 4.74 Å². The van der Waals surface area contributed by atoms with Crippen molar-refractivity contribution in [3.63, 3.8) is 0 Å². The topological polar surface area (TPSA) is 43.4 Å². The van der Waals surface area contributed by atoms with Gasteiger partial charge >= 0.3 is 0 Å². The van der Waals surface area contributed by atoms with Crippen LogP contribution in [0.3, 0.4) is 0 Å². The van der Waals surface area contributed by atoms with Gasteiger partial charge in [-0.1, -0.05) is 0 Å². The zero-order valence-electron chi connectivity index (χ0n) is 9.21. The molecule has 0 aliphatic carbocycles. The van der Waals surface area contributed by atoms with Crippen molar-refractivity contribution in [2.24, 2.45) is 0 Å². The monoisotopic (exact) mass is 344 g/mol. The molecule has 0 spiro atoms. The van der Waals surface area contributed by atoms with Gasteiger partial charge in [-0.25, -0.2) is 12.8 Å². The molecule has 0 fully saturated rings. The molecule has 1 rings (SSSR count). The zero-order valence-corrected chi connectivity index (χ0v) is 12.4. The molecule has 0 heterocycles. The highest BCUT2D eigenvalue weighted by Crippen LogP contribution is 2.34. The number of hydrogen-bond acceptors (Lipinski definition) is 3. The van der Waals surface area contributed by atoms with Gasteiger partial charge in [-0.3, -0.25) is 0 Å². The van der Waals surface area contributed by atoms with Crippen molar-refractivity contribution in [2.45, 2.75) is 5.38 Å². The Hall–Kier alpha value is -0.330. The van der Waals surface area contributed by atoms with Crippen LogP contribution in [0.1, 0.15) is 10.9 Å². The Balaban J connectivity index is 3.16. The minimum atomic E-state index is -3.22. The highest BCUT2D eigenvalue weighted by Gasteiger charge is 2.20. The lowest BCUT2D eigenvalue weighted by Crippen LogP contribution is -2.10. The first-order chi connectivity index (χ1) is 7.74. The number of ether oxygens (including phenoxy) is 1. The lowest BCUT2D eigenvalue weighted by molar-refractivity contribution is 0.406. The van der Waals surface area contributed by atoms with Crippen LogP contribution in [0, 0.1) is 5.82 Å². The van der Waals surface area contributed by atoms with Gasteiger partial charge < -0.3 is 4.74 Å². The molecule has 0 saturated carbocycles. The number of sulfone groups is 1. The maximum absolute atomic E-state index is 13.3. The van der Waals surface area contributed by atoms with Crippen LogP contribution in [-0.2, 0) is 9.84 Å². The molecule has 3 nitrogen and oxygen atoms in total. The van der Waals surface area contributed by atoms with E-state index in [-0.39, 0.29) is 16.0 Å². The average Bonchev–Trinajstić information content (AvgIpc) is 2.18. The Morgan fingerprint density at radius 1 is 1.53 bits per heavy atom. The molecular weight excluding hydrogens is 335 g/mol. The predicted molar refractivity (Wildman–Crippen MR) is 69.0 cm³/mol. The van der Waals surface area contributed by atoms with Gasteiger partial charge in [-0.2, -0.15) is 0 Å². The fourth-order valence-corrected chi connectivity index (χ4v) is 3.25. The number of benzene rings is 1. The van der Waals surface area contributed by atoms with E-state index in [1.807, 2.05) is 0 Å². The molecule has 0 aliphatic rings. The molecule has 0 saturated heterocycles. The quantitative estimate of drug-likeness (QED) is 0.788. The summed E-state index contributed by atoms with van der Waals surface area (Å²) < 4.78 is 40.8. The van der Waals surface area contributed by atoms with Gasteiger partial charge in [-0.15, -0.1) is 11.6 Å².